The van der Waals surface area contributed by atoms with Crippen molar-refractivity contribution in [2.24, 2.45) is 0 Å². The molecule has 0 atom stereocenters. The second-order valence-electron chi connectivity index (χ2n) is 4.89. The Labute approximate surface area is 126 Å². The lowest BCUT2D eigenvalue weighted by atomic mass is 10.0. The monoisotopic (exact) mass is 304 g/mol. The van der Waals surface area contributed by atoms with Crippen LogP contribution in [0.4, 0.5) is 17.2 Å². The number of rotatable bonds is 2. The molecule has 0 N–H and O–H groups in total. The molecule has 0 bridgehead atoms. The van der Waals surface area contributed by atoms with E-state index >= 15 is 0 Å². The van der Waals surface area contributed by atoms with Gasteiger partial charge in [0.15, 0.2) is 0 Å². The first-order valence-corrected chi connectivity index (χ1v) is 6.99. The normalized spacial score (nSPS) is 13.9. The van der Waals surface area contributed by atoms with Crippen molar-refractivity contribution in [3.63, 3.8) is 0 Å². The van der Waals surface area contributed by atoms with Crippen molar-refractivity contribution < 1.29 is 4.92 Å². The molecular formula is C14H13ClN4O2. The predicted octanol–water partition coefficient (Wildman–Crippen LogP) is 3.43. The minimum Gasteiger partial charge on any atom is -0.320 e. The molecule has 0 saturated heterocycles. The third kappa shape index (κ3) is 2.42. The largest absolute Gasteiger partial charge is 0.333 e. The van der Waals surface area contributed by atoms with Crippen LogP contribution in [-0.4, -0.2) is 21.4 Å². The summed E-state index contributed by atoms with van der Waals surface area (Å²) >= 11 is 5.90. The van der Waals surface area contributed by atoms with Crippen molar-refractivity contribution in [3.05, 3.63) is 50.9 Å². The fourth-order valence-electron chi connectivity index (χ4n) is 2.67. The van der Waals surface area contributed by atoms with E-state index in [9.17, 15) is 10.1 Å². The third-order valence-corrected chi connectivity index (χ3v) is 3.73. The summed E-state index contributed by atoms with van der Waals surface area (Å²) in [6.45, 7) is 2.25. The summed E-state index contributed by atoms with van der Waals surface area (Å²) in [4.78, 5) is 20.8. The van der Waals surface area contributed by atoms with Gasteiger partial charge in [-0.15, -0.1) is 0 Å². The lowest BCUT2D eigenvalue weighted by molar-refractivity contribution is -0.385. The van der Waals surface area contributed by atoms with Crippen LogP contribution < -0.4 is 4.90 Å². The highest BCUT2D eigenvalue weighted by atomic mass is 35.5. The number of aromatic nitrogens is 2. The first-order valence-electron chi connectivity index (χ1n) is 6.62. The first-order chi connectivity index (χ1) is 10.1. The number of halogens is 1. The lowest BCUT2D eigenvalue weighted by Gasteiger charge is -2.30. The van der Waals surface area contributed by atoms with Crippen molar-refractivity contribution in [1.29, 1.82) is 0 Å². The van der Waals surface area contributed by atoms with Gasteiger partial charge in [0.1, 0.15) is 5.69 Å². The van der Waals surface area contributed by atoms with E-state index in [1.165, 1.54) is 0 Å². The van der Waals surface area contributed by atoms with Gasteiger partial charge in [0, 0.05) is 12.2 Å². The SMILES string of the molecule is Cc1nc(Cl)nc(N2CCCc3ccccc32)c1[N+](=O)[O-]. The summed E-state index contributed by atoms with van der Waals surface area (Å²) in [7, 11) is 0. The Bertz CT molecular complexity index is 720. The molecule has 1 aliphatic rings. The van der Waals surface area contributed by atoms with E-state index in [0.29, 0.717) is 6.54 Å². The topological polar surface area (TPSA) is 72.2 Å². The zero-order valence-corrected chi connectivity index (χ0v) is 12.2. The number of anilines is 2. The molecule has 1 aromatic heterocycles. The molecule has 21 heavy (non-hydrogen) atoms. The van der Waals surface area contributed by atoms with Crippen molar-refractivity contribution in [2.75, 3.05) is 11.4 Å². The smallest absolute Gasteiger partial charge is 0.320 e. The molecule has 1 aliphatic heterocycles. The zero-order valence-electron chi connectivity index (χ0n) is 11.4. The number of hydrogen-bond acceptors (Lipinski definition) is 5. The molecule has 0 aliphatic carbocycles. The quantitative estimate of drug-likeness (QED) is 0.483. The molecule has 2 aromatic rings. The standard InChI is InChI=1S/C14H13ClN4O2/c1-9-12(19(20)21)13(17-14(15)16-9)18-8-4-6-10-5-2-3-7-11(10)18/h2-3,5,7H,4,6,8H2,1H3. The summed E-state index contributed by atoms with van der Waals surface area (Å²) in [6, 6.07) is 7.86. The van der Waals surface area contributed by atoms with Gasteiger partial charge in [0.2, 0.25) is 11.1 Å². The fourth-order valence-corrected chi connectivity index (χ4v) is 2.88. The van der Waals surface area contributed by atoms with Crippen LogP contribution in [0.1, 0.15) is 17.7 Å². The van der Waals surface area contributed by atoms with Gasteiger partial charge >= 0.3 is 5.69 Å². The molecular weight excluding hydrogens is 292 g/mol. The number of para-hydroxylation sites is 1. The van der Waals surface area contributed by atoms with Gasteiger partial charge in [-0.05, 0) is 43.0 Å². The van der Waals surface area contributed by atoms with E-state index in [1.54, 1.807) is 6.92 Å². The van der Waals surface area contributed by atoms with Crippen LogP contribution in [0.25, 0.3) is 0 Å². The molecule has 7 heteroatoms. The van der Waals surface area contributed by atoms with Gasteiger partial charge in [-0.25, -0.2) is 4.98 Å². The predicted molar refractivity (Wildman–Crippen MR) is 80.2 cm³/mol. The van der Waals surface area contributed by atoms with E-state index < -0.39 is 4.92 Å². The van der Waals surface area contributed by atoms with Crippen LogP contribution in [0.2, 0.25) is 5.28 Å². The maximum Gasteiger partial charge on any atom is 0.333 e. The highest BCUT2D eigenvalue weighted by Gasteiger charge is 2.29. The van der Waals surface area contributed by atoms with E-state index in [4.69, 9.17) is 11.6 Å². The molecule has 0 amide bonds. The Morgan fingerprint density at radius 2 is 2.10 bits per heavy atom. The molecule has 1 aromatic carbocycles. The molecule has 0 unspecified atom stereocenters. The Morgan fingerprint density at radius 1 is 1.33 bits per heavy atom. The van der Waals surface area contributed by atoms with E-state index in [1.807, 2.05) is 29.2 Å². The van der Waals surface area contributed by atoms with E-state index in [-0.39, 0.29) is 22.5 Å². The van der Waals surface area contributed by atoms with Crippen molar-refractivity contribution in [3.8, 4) is 0 Å². The lowest BCUT2D eigenvalue weighted by Crippen LogP contribution is -2.26. The number of benzene rings is 1. The Morgan fingerprint density at radius 3 is 2.86 bits per heavy atom. The maximum atomic E-state index is 11.4. The molecule has 2 heterocycles. The van der Waals surface area contributed by atoms with Crippen molar-refractivity contribution >= 4 is 28.8 Å². The number of nitro groups is 1. The van der Waals surface area contributed by atoms with Gasteiger partial charge < -0.3 is 4.90 Å². The van der Waals surface area contributed by atoms with E-state index in [2.05, 4.69) is 9.97 Å². The summed E-state index contributed by atoms with van der Waals surface area (Å²) in [5.41, 5.74) is 2.29. The van der Waals surface area contributed by atoms with Gasteiger partial charge in [0.05, 0.1) is 4.92 Å². The van der Waals surface area contributed by atoms with Crippen LogP contribution in [-0.2, 0) is 6.42 Å². The molecule has 3 rings (SSSR count). The summed E-state index contributed by atoms with van der Waals surface area (Å²) in [6.07, 6.45) is 1.87. The Balaban J connectivity index is 2.20. The maximum absolute atomic E-state index is 11.4. The van der Waals surface area contributed by atoms with Crippen LogP contribution >= 0.6 is 11.6 Å². The molecule has 6 nitrogen and oxygen atoms in total. The fraction of sp³-hybridized carbons (Fsp3) is 0.286. The number of hydrogen-bond donors (Lipinski definition) is 0. The number of aryl methyl sites for hydroxylation is 2. The molecule has 0 radical (unpaired) electrons. The van der Waals surface area contributed by atoms with Crippen molar-refractivity contribution in [1.82, 2.24) is 9.97 Å². The molecule has 0 saturated carbocycles. The van der Waals surface area contributed by atoms with Crippen LogP contribution in [0, 0.1) is 17.0 Å². The summed E-state index contributed by atoms with van der Waals surface area (Å²) in [5.74, 6) is 0.268. The zero-order chi connectivity index (χ0) is 15.0. The Kier molecular flexibility index (Phi) is 3.47. The minimum absolute atomic E-state index is 0.0242. The van der Waals surface area contributed by atoms with Crippen LogP contribution in [0.5, 0.6) is 0 Å². The van der Waals surface area contributed by atoms with E-state index in [0.717, 1.165) is 24.1 Å². The number of nitrogens with zero attached hydrogens (tertiary/aromatic N) is 4. The number of fused-ring (bicyclic) bond motifs is 1. The second-order valence-corrected chi connectivity index (χ2v) is 5.23. The molecule has 0 fully saturated rings. The average molecular weight is 305 g/mol. The summed E-state index contributed by atoms with van der Waals surface area (Å²) in [5, 5.41) is 11.4. The summed E-state index contributed by atoms with van der Waals surface area (Å²) < 4.78 is 0. The average Bonchev–Trinajstić information content (AvgIpc) is 2.45. The van der Waals surface area contributed by atoms with Gasteiger partial charge in [-0.1, -0.05) is 18.2 Å². The van der Waals surface area contributed by atoms with Crippen LogP contribution in [0.3, 0.4) is 0 Å². The Hall–Kier alpha value is -2.21. The molecule has 0 spiro atoms. The van der Waals surface area contributed by atoms with Crippen molar-refractivity contribution in [2.45, 2.75) is 19.8 Å². The second kappa shape index (κ2) is 5.29. The molecule has 108 valence electrons. The highest BCUT2D eigenvalue weighted by molar-refractivity contribution is 6.28. The highest BCUT2D eigenvalue weighted by Crippen LogP contribution is 2.38. The third-order valence-electron chi connectivity index (χ3n) is 3.56. The first kappa shape index (κ1) is 13.8. The van der Waals surface area contributed by atoms with Crippen LogP contribution in [0.15, 0.2) is 24.3 Å². The van der Waals surface area contributed by atoms with Gasteiger partial charge in [-0.3, -0.25) is 10.1 Å². The van der Waals surface area contributed by atoms with Gasteiger partial charge in [0.25, 0.3) is 0 Å². The minimum atomic E-state index is -0.446. The van der Waals surface area contributed by atoms with Gasteiger partial charge in [-0.2, -0.15) is 4.98 Å².